The average Bonchev–Trinajstić information content (AvgIpc) is 3.24. The summed E-state index contributed by atoms with van der Waals surface area (Å²) in [5.74, 6) is 0.876. The number of allylic oxidation sites excluding steroid dienone is 4. The van der Waals surface area contributed by atoms with Gasteiger partial charge in [-0.1, -0.05) is 18.2 Å². The molecule has 28 heavy (non-hydrogen) atoms. The molecule has 0 unspecified atom stereocenters. The molecular formula is C24H30N2O2. The second kappa shape index (κ2) is 9.24. The molecule has 0 spiro atoms. The Balaban J connectivity index is 1.38. The Kier molecular flexibility index (Phi) is 6.27. The van der Waals surface area contributed by atoms with E-state index in [0.717, 1.165) is 53.7 Å². The van der Waals surface area contributed by atoms with Gasteiger partial charge in [0.15, 0.2) is 0 Å². The number of hydrogen-bond acceptors (Lipinski definition) is 3. The van der Waals surface area contributed by atoms with Crippen molar-refractivity contribution in [2.24, 2.45) is 0 Å². The highest BCUT2D eigenvalue weighted by molar-refractivity contribution is 5.94. The van der Waals surface area contributed by atoms with Gasteiger partial charge in [0.1, 0.15) is 5.75 Å². The predicted octanol–water partition coefficient (Wildman–Crippen LogP) is 4.91. The van der Waals surface area contributed by atoms with Crippen LogP contribution in [0.25, 0.3) is 16.5 Å². The summed E-state index contributed by atoms with van der Waals surface area (Å²) in [5.41, 5.74) is 2.92. The quantitative estimate of drug-likeness (QED) is 0.664. The third kappa shape index (κ3) is 4.74. The molecule has 1 aromatic heterocycles. The highest BCUT2D eigenvalue weighted by Crippen LogP contribution is 2.29. The van der Waals surface area contributed by atoms with E-state index in [2.05, 4.69) is 34.2 Å². The first-order chi connectivity index (χ1) is 13.8. The second-order valence-corrected chi connectivity index (χ2v) is 7.85. The first-order valence-corrected chi connectivity index (χ1v) is 10.7. The standard InChI is InChI=1S/C24H30N2O2/c27-24-18-21(19-9-3-1-4-10-19)22-17-20(11-12-23(22)25-24)28-16-8-2-5-13-26-14-6-7-15-26/h3,9-12,17-18H,1-2,4-8,13-16H2,(H,25,27). The number of H-pyrrole nitrogens is 1. The van der Waals surface area contributed by atoms with Crippen molar-refractivity contribution >= 4 is 16.5 Å². The van der Waals surface area contributed by atoms with Crippen LogP contribution in [0, 0.1) is 0 Å². The largest absolute Gasteiger partial charge is 0.494 e. The summed E-state index contributed by atoms with van der Waals surface area (Å²) in [4.78, 5) is 17.6. The monoisotopic (exact) mass is 378 g/mol. The lowest BCUT2D eigenvalue weighted by atomic mass is 9.96. The number of pyridine rings is 1. The van der Waals surface area contributed by atoms with Crippen LogP contribution in [0.5, 0.6) is 5.75 Å². The van der Waals surface area contributed by atoms with E-state index in [1.807, 2.05) is 12.1 Å². The SMILES string of the molecule is O=c1cc(C2=CCCC=C2)c2cc(OCCCCCN3CCCC3)ccc2[nH]1. The van der Waals surface area contributed by atoms with Crippen molar-refractivity contribution in [2.45, 2.75) is 44.9 Å². The molecule has 1 N–H and O–H groups in total. The number of unbranched alkanes of at least 4 members (excludes halogenated alkanes) is 2. The number of fused-ring (bicyclic) bond motifs is 1. The minimum absolute atomic E-state index is 0.0611. The third-order valence-electron chi connectivity index (χ3n) is 5.71. The molecule has 1 fully saturated rings. The molecule has 4 heteroatoms. The smallest absolute Gasteiger partial charge is 0.249 e. The van der Waals surface area contributed by atoms with Gasteiger partial charge in [-0.25, -0.2) is 0 Å². The zero-order valence-electron chi connectivity index (χ0n) is 16.6. The van der Waals surface area contributed by atoms with E-state index in [9.17, 15) is 4.79 Å². The van der Waals surface area contributed by atoms with Crippen molar-refractivity contribution in [3.05, 3.63) is 58.4 Å². The molecular weight excluding hydrogens is 348 g/mol. The third-order valence-corrected chi connectivity index (χ3v) is 5.71. The Bertz CT molecular complexity index is 920. The minimum atomic E-state index is -0.0611. The number of aromatic nitrogens is 1. The van der Waals surface area contributed by atoms with E-state index >= 15 is 0 Å². The molecule has 2 aliphatic rings. The molecule has 0 atom stereocenters. The molecule has 0 radical (unpaired) electrons. The van der Waals surface area contributed by atoms with Gasteiger partial charge in [-0.2, -0.15) is 0 Å². The first kappa shape index (κ1) is 19.0. The maximum atomic E-state index is 12.1. The van der Waals surface area contributed by atoms with Crippen LogP contribution in [0.15, 0.2) is 47.3 Å². The summed E-state index contributed by atoms with van der Waals surface area (Å²) in [6, 6.07) is 7.67. The Labute approximate surface area is 166 Å². The zero-order chi connectivity index (χ0) is 19.2. The summed E-state index contributed by atoms with van der Waals surface area (Å²) < 4.78 is 6.02. The fourth-order valence-corrected chi connectivity index (χ4v) is 4.19. The number of likely N-dealkylation sites (tertiary alicyclic amines) is 1. The number of benzene rings is 1. The van der Waals surface area contributed by atoms with Gasteiger partial charge < -0.3 is 14.6 Å². The lowest BCUT2D eigenvalue weighted by Crippen LogP contribution is -2.20. The number of aromatic amines is 1. The molecule has 4 rings (SSSR count). The van der Waals surface area contributed by atoms with Gasteiger partial charge in [0.05, 0.1) is 6.61 Å². The van der Waals surface area contributed by atoms with Gasteiger partial charge in [-0.05, 0) is 93.9 Å². The fourth-order valence-electron chi connectivity index (χ4n) is 4.19. The molecule has 0 saturated carbocycles. The van der Waals surface area contributed by atoms with Crippen LogP contribution >= 0.6 is 0 Å². The Hall–Kier alpha value is -2.33. The molecule has 1 aliphatic heterocycles. The van der Waals surface area contributed by atoms with Gasteiger partial charge in [-0.3, -0.25) is 4.79 Å². The number of hydrogen-bond donors (Lipinski definition) is 1. The summed E-state index contributed by atoms with van der Waals surface area (Å²) >= 11 is 0. The molecule has 4 nitrogen and oxygen atoms in total. The Morgan fingerprint density at radius 3 is 2.75 bits per heavy atom. The van der Waals surface area contributed by atoms with Crippen LogP contribution < -0.4 is 10.3 Å². The molecule has 1 aliphatic carbocycles. The number of nitrogens with zero attached hydrogens (tertiary/aromatic N) is 1. The van der Waals surface area contributed by atoms with E-state index in [-0.39, 0.29) is 5.56 Å². The molecule has 2 aromatic rings. The van der Waals surface area contributed by atoms with Crippen molar-refractivity contribution in [2.75, 3.05) is 26.2 Å². The predicted molar refractivity (Wildman–Crippen MR) is 116 cm³/mol. The van der Waals surface area contributed by atoms with Crippen molar-refractivity contribution in [1.29, 1.82) is 0 Å². The first-order valence-electron chi connectivity index (χ1n) is 10.7. The maximum absolute atomic E-state index is 12.1. The van der Waals surface area contributed by atoms with Crippen LogP contribution in [0.1, 0.15) is 50.5 Å². The van der Waals surface area contributed by atoms with Crippen LogP contribution in [0.2, 0.25) is 0 Å². The molecule has 0 amide bonds. The van der Waals surface area contributed by atoms with E-state index in [0.29, 0.717) is 0 Å². The van der Waals surface area contributed by atoms with Gasteiger partial charge in [-0.15, -0.1) is 0 Å². The van der Waals surface area contributed by atoms with Crippen LogP contribution in [0.4, 0.5) is 0 Å². The van der Waals surface area contributed by atoms with Crippen LogP contribution in [-0.2, 0) is 0 Å². The van der Waals surface area contributed by atoms with Crippen molar-refractivity contribution in [3.63, 3.8) is 0 Å². The van der Waals surface area contributed by atoms with Crippen molar-refractivity contribution in [3.8, 4) is 5.75 Å². The van der Waals surface area contributed by atoms with Gasteiger partial charge in [0.2, 0.25) is 5.56 Å². The molecule has 2 heterocycles. The lowest BCUT2D eigenvalue weighted by molar-refractivity contribution is 0.290. The summed E-state index contributed by atoms with van der Waals surface area (Å²) in [7, 11) is 0. The summed E-state index contributed by atoms with van der Waals surface area (Å²) in [6.45, 7) is 4.54. The van der Waals surface area contributed by atoms with Crippen molar-refractivity contribution in [1.82, 2.24) is 9.88 Å². The lowest BCUT2D eigenvalue weighted by Gasteiger charge is -2.14. The van der Waals surface area contributed by atoms with Gasteiger partial charge >= 0.3 is 0 Å². The topological polar surface area (TPSA) is 45.3 Å². The molecule has 148 valence electrons. The van der Waals surface area contributed by atoms with Crippen LogP contribution in [-0.4, -0.2) is 36.1 Å². The second-order valence-electron chi connectivity index (χ2n) is 7.85. The van der Waals surface area contributed by atoms with Gasteiger partial charge in [0.25, 0.3) is 0 Å². The number of rotatable bonds is 8. The van der Waals surface area contributed by atoms with E-state index in [1.54, 1.807) is 6.07 Å². The zero-order valence-corrected chi connectivity index (χ0v) is 16.6. The van der Waals surface area contributed by atoms with Crippen LogP contribution in [0.3, 0.4) is 0 Å². The van der Waals surface area contributed by atoms with E-state index in [1.165, 1.54) is 45.3 Å². The molecule has 1 saturated heterocycles. The highest BCUT2D eigenvalue weighted by atomic mass is 16.5. The Morgan fingerprint density at radius 2 is 1.93 bits per heavy atom. The maximum Gasteiger partial charge on any atom is 0.249 e. The highest BCUT2D eigenvalue weighted by Gasteiger charge is 2.11. The molecule has 0 bridgehead atoms. The molecule has 1 aromatic carbocycles. The summed E-state index contributed by atoms with van der Waals surface area (Å²) in [6.07, 6.45) is 14.9. The van der Waals surface area contributed by atoms with Gasteiger partial charge in [0, 0.05) is 17.0 Å². The van der Waals surface area contributed by atoms with E-state index < -0.39 is 0 Å². The minimum Gasteiger partial charge on any atom is -0.494 e. The van der Waals surface area contributed by atoms with Crippen molar-refractivity contribution < 1.29 is 4.74 Å². The van der Waals surface area contributed by atoms with E-state index in [4.69, 9.17) is 4.74 Å². The average molecular weight is 379 g/mol. The fraction of sp³-hybridized carbons (Fsp3) is 0.458. The summed E-state index contributed by atoms with van der Waals surface area (Å²) in [5, 5.41) is 1.05. The normalized spacial score (nSPS) is 17.2. The number of ether oxygens (including phenoxy) is 1. The Morgan fingerprint density at radius 1 is 1.04 bits per heavy atom. The number of nitrogens with one attached hydrogen (secondary N) is 1.